The van der Waals surface area contributed by atoms with Crippen molar-refractivity contribution in [3.8, 4) is 11.3 Å². The van der Waals surface area contributed by atoms with Crippen molar-refractivity contribution < 1.29 is 5.11 Å². The molecule has 1 heterocycles. The lowest BCUT2D eigenvalue weighted by molar-refractivity contribution is 0.297. The van der Waals surface area contributed by atoms with E-state index in [0.29, 0.717) is 6.42 Å². The normalized spacial score (nSPS) is 11.9. The maximum Gasteiger partial charge on any atom is 0.110 e. The number of halogens is 1. The molecule has 2 rings (SSSR count). The Bertz CT molecular complexity index is 611. The van der Waals surface area contributed by atoms with Crippen LogP contribution in [-0.2, 0) is 11.8 Å². The van der Waals surface area contributed by atoms with Crippen LogP contribution in [0, 0.1) is 6.92 Å². The zero-order chi connectivity index (χ0) is 14.9. The molecule has 1 aromatic carbocycles. The second-order valence-corrected chi connectivity index (χ2v) is 6.89. The number of nitrogens with one attached hydrogen (secondary N) is 1. The summed E-state index contributed by atoms with van der Waals surface area (Å²) in [5.41, 5.74) is 4.64. The first kappa shape index (κ1) is 15.3. The zero-order valence-corrected chi connectivity index (χ0v) is 14.0. The van der Waals surface area contributed by atoms with Gasteiger partial charge in [-0.15, -0.1) is 0 Å². The molecule has 0 aliphatic carbocycles. The smallest absolute Gasteiger partial charge is 0.110 e. The Morgan fingerprint density at radius 1 is 1.30 bits per heavy atom. The van der Waals surface area contributed by atoms with E-state index < -0.39 is 0 Å². The SMILES string of the molecule is Cc1ccc(C(C)(C)C)cc1-c1nc(CCO)[nH]c1Br. The Labute approximate surface area is 128 Å². The summed E-state index contributed by atoms with van der Waals surface area (Å²) in [4.78, 5) is 7.77. The number of aryl methyl sites for hydroxylation is 1. The standard InChI is InChI=1S/C16H21BrN2O/c1-10-5-6-11(16(2,3)4)9-12(10)14-15(17)19-13(18-14)7-8-20/h5-6,9,20H,7-8H2,1-4H3,(H,18,19). The number of aromatic amines is 1. The molecule has 4 heteroatoms. The Balaban J connectivity index is 2.51. The molecule has 1 aromatic heterocycles. The molecule has 2 aromatic rings. The number of aliphatic hydroxyl groups is 1. The molecule has 108 valence electrons. The number of nitrogens with zero attached hydrogens (tertiary/aromatic N) is 1. The monoisotopic (exact) mass is 336 g/mol. The van der Waals surface area contributed by atoms with Crippen LogP contribution in [-0.4, -0.2) is 21.7 Å². The van der Waals surface area contributed by atoms with E-state index in [4.69, 9.17) is 5.11 Å². The van der Waals surface area contributed by atoms with E-state index in [2.05, 4.69) is 71.8 Å². The third kappa shape index (κ3) is 3.13. The molecule has 3 nitrogen and oxygen atoms in total. The van der Waals surface area contributed by atoms with Crippen LogP contribution in [0.3, 0.4) is 0 Å². The lowest BCUT2D eigenvalue weighted by Gasteiger charge is -2.20. The lowest BCUT2D eigenvalue weighted by Crippen LogP contribution is -2.11. The average Bonchev–Trinajstić information content (AvgIpc) is 2.70. The molecule has 20 heavy (non-hydrogen) atoms. The van der Waals surface area contributed by atoms with Crippen molar-refractivity contribution in [3.05, 3.63) is 39.8 Å². The van der Waals surface area contributed by atoms with E-state index in [0.717, 1.165) is 21.7 Å². The molecule has 0 atom stereocenters. The number of hydrogen-bond donors (Lipinski definition) is 2. The van der Waals surface area contributed by atoms with Crippen molar-refractivity contribution in [1.29, 1.82) is 0 Å². The summed E-state index contributed by atoms with van der Waals surface area (Å²) >= 11 is 3.53. The predicted molar refractivity (Wildman–Crippen MR) is 86.0 cm³/mol. The molecule has 0 aliphatic heterocycles. The van der Waals surface area contributed by atoms with E-state index in [1.807, 2.05) is 0 Å². The summed E-state index contributed by atoms with van der Waals surface area (Å²) in [5, 5.41) is 9.02. The fraction of sp³-hybridized carbons (Fsp3) is 0.438. The van der Waals surface area contributed by atoms with E-state index in [1.165, 1.54) is 11.1 Å². The highest BCUT2D eigenvalue weighted by Gasteiger charge is 2.18. The van der Waals surface area contributed by atoms with Gasteiger partial charge in [-0.1, -0.05) is 32.9 Å². The van der Waals surface area contributed by atoms with Crippen molar-refractivity contribution in [2.45, 2.75) is 39.5 Å². The number of hydrogen-bond acceptors (Lipinski definition) is 2. The fourth-order valence-electron chi connectivity index (χ4n) is 2.14. The van der Waals surface area contributed by atoms with Gasteiger partial charge < -0.3 is 10.1 Å². The highest BCUT2D eigenvalue weighted by Crippen LogP contribution is 2.32. The molecule has 0 aliphatic rings. The van der Waals surface area contributed by atoms with Gasteiger partial charge in [0.25, 0.3) is 0 Å². The van der Waals surface area contributed by atoms with Gasteiger partial charge in [-0.25, -0.2) is 4.98 Å². The van der Waals surface area contributed by atoms with Crippen LogP contribution >= 0.6 is 15.9 Å². The molecule has 0 radical (unpaired) electrons. The number of aromatic nitrogens is 2. The van der Waals surface area contributed by atoms with Gasteiger partial charge in [0.05, 0.1) is 6.61 Å². The summed E-state index contributed by atoms with van der Waals surface area (Å²) in [5.74, 6) is 0.801. The van der Waals surface area contributed by atoms with Gasteiger partial charge in [-0.3, -0.25) is 0 Å². The first-order valence-electron chi connectivity index (χ1n) is 6.79. The molecule has 0 spiro atoms. The highest BCUT2D eigenvalue weighted by atomic mass is 79.9. The molecule has 0 amide bonds. The molecule has 0 bridgehead atoms. The minimum atomic E-state index is 0.0976. The van der Waals surface area contributed by atoms with Gasteiger partial charge in [0, 0.05) is 12.0 Å². The molecular weight excluding hydrogens is 316 g/mol. The predicted octanol–water partition coefficient (Wildman–Crippen LogP) is 3.98. The lowest BCUT2D eigenvalue weighted by atomic mass is 9.85. The van der Waals surface area contributed by atoms with E-state index >= 15 is 0 Å². The van der Waals surface area contributed by atoms with Crippen molar-refractivity contribution in [2.24, 2.45) is 0 Å². The second-order valence-electron chi connectivity index (χ2n) is 6.10. The van der Waals surface area contributed by atoms with Crippen molar-refractivity contribution >= 4 is 15.9 Å². The zero-order valence-electron chi connectivity index (χ0n) is 12.4. The Morgan fingerprint density at radius 2 is 2.00 bits per heavy atom. The Hall–Kier alpha value is -1.13. The third-order valence-corrected chi connectivity index (χ3v) is 3.99. The first-order chi connectivity index (χ1) is 9.32. The van der Waals surface area contributed by atoms with Crippen molar-refractivity contribution in [3.63, 3.8) is 0 Å². The number of aliphatic hydroxyl groups excluding tert-OH is 1. The van der Waals surface area contributed by atoms with Gasteiger partial charge in [0.2, 0.25) is 0 Å². The summed E-state index contributed by atoms with van der Waals surface area (Å²) in [6, 6.07) is 6.52. The summed E-state index contributed by atoms with van der Waals surface area (Å²) in [6.07, 6.45) is 0.538. The topological polar surface area (TPSA) is 48.9 Å². The first-order valence-corrected chi connectivity index (χ1v) is 7.59. The molecule has 0 saturated heterocycles. The maximum atomic E-state index is 9.02. The van der Waals surface area contributed by atoms with Gasteiger partial charge in [-0.05, 0) is 45.5 Å². The van der Waals surface area contributed by atoms with Crippen LogP contribution in [0.1, 0.15) is 37.7 Å². The second kappa shape index (κ2) is 5.70. The van der Waals surface area contributed by atoms with Gasteiger partial charge >= 0.3 is 0 Å². The Kier molecular flexibility index (Phi) is 4.35. The van der Waals surface area contributed by atoms with Crippen LogP contribution in [0.4, 0.5) is 0 Å². The van der Waals surface area contributed by atoms with Crippen molar-refractivity contribution in [2.75, 3.05) is 6.61 Å². The highest BCUT2D eigenvalue weighted by molar-refractivity contribution is 9.10. The maximum absolute atomic E-state index is 9.02. The molecule has 0 saturated carbocycles. The van der Waals surface area contributed by atoms with Gasteiger partial charge in [-0.2, -0.15) is 0 Å². The number of rotatable bonds is 3. The molecular formula is C16H21BrN2O. The van der Waals surface area contributed by atoms with Gasteiger partial charge in [0.15, 0.2) is 0 Å². The van der Waals surface area contributed by atoms with Crippen molar-refractivity contribution in [1.82, 2.24) is 9.97 Å². The average molecular weight is 337 g/mol. The molecule has 2 N–H and O–H groups in total. The van der Waals surface area contributed by atoms with Crippen LogP contribution in [0.2, 0.25) is 0 Å². The number of imidazole rings is 1. The van der Waals surface area contributed by atoms with Crippen LogP contribution < -0.4 is 0 Å². The molecule has 0 fully saturated rings. The number of benzene rings is 1. The quantitative estimate of drug-likeness (QED) is 0.890. The van der Waals surface area contributed by atoms with E-state index in [-0.39, 0.29) is 12.0 Å². The van der Waals surface area contributed by atoms with Crippen LogP contribution in [0.15, 0.2) is 22.8 Å². The Morgan fingerprint density at radius 3 is 2.60 bits per heavy atom. The summed E-state index contributed by atoms with van der Waals surface area (Å²) in [6.45, 7) is 8.81. The largest absolute Gasteiger partial charge is 0.396 e. The van der Waals surface area contributed by atoms with Gasteiger partial charge in [0.1, 0.15) is 16.1 Å². The van der Waals surface area contributed by atoms with Crippen LogP contribution in [0.5, 0.6) is 0 Å². The minimum Gasteiger partial charge on any atom is -0.396 e. The summed E-state index contributed by atoms with van der Waals surface area (Å²) in [7, 11) is 0. The van der Waals surface area contributed by atoms with E-state index in [9.17, 15) is 0 Å². The van der Waals surface area contributed by atoms with Crippen LogP contribution in [0.25, 0.3) is 11.3 Å². The van der Waals surface area contributed by atoms with E-state index in [1.54, 1.807) is 0 Å². The third-order valence-electron chi connectivity index (χ3n) is 3.42. The fourth-order valence-corrected chi connectivity index (χ4v) is 2.68. The molecule has 0 unspecified atom stereocenters. The number of H-pyrrole nitrogens is 1. The summed E-state index contributed by atoms with van der Waals surface area (Å²) < 4.78 is 0.870. The minimum absolute atomic E-state index is 0.0976.